The van der Waals surface area contributed by atoms with Gasteiger partial charge in [0.2, 0.25) is 0 Å². The van der Waals surface area contributed by atoms with Gasteiger partial charge in [0.25, 0.3) is 0 Å². The maximum absolute atomic E-state index is 4.86. The quantitative estimate of drug-likeness (QED) is 0.808. The third-order valence-corrected chi connectivity index (χ3v) is 5.61. The first-order chi connectivity index (χ1) is 10.2. The maximum Gasteiger partial charge on any atom is 0.195 e. The molecule has 2 heterocycles. The Morgan fingerprint density at radius 2 is 2.38 bits per heavy atom. The molecule has 1 fully saturated rings. The second-order valence-corrected chi connectivity index (χ2v) is 7.69. The van der Waals surface area contributed by atoms with Crippen LogP contribution in [0.1, 0.15) is 31.9 Å². The monoisotopic (exact) mass is 324 g/mol. The van der Waals surface area contributed by atoms with Gasteiger partial charge in [-0.3, -0.25) is 4.40 Å². The summed E-state index contributed by atoms with van der Waals surface area (Å²) in [7, 11) is 2.18. The maximum atomic E-state index is 4.86. The van der Waals surface area contributed by atoms with Crippen LogP contribution >= 0.6 is 23.1 Å². The van der Waals surface area contributed by atoms with Crippen LogP contribution < -0.4 is 10.2 Å². The number of hydrogen-bond donors (Lipinski definition) is 1. The fourth-order valence-electron chi connectivity index (χ4n) is 2.49. The Morgan fingerprint density at radius 1 is 1.57 bits per heavy atom. The molecular formula is C15H24N4S2. The van der Waals surface area contributed by atoms with Crippen molar-refractivity contribution >= 4 is 33.9 Å². The molecule has 1 aliphatic rings. The summed E-state index contributed by atoms with van der Waals surface area (Å²) in [5.74, 6) is 2.34. The predicted octanol–water partition coefficient (Wildman–Crippen LogP) is 3.23. The molecule has 0 bridgehead atoms. The molecule has 1 atom stereocenters. The molecule has 0 radical (unpaired) electrons. The van der Waals surface area contributed by atoms with Gasteiger partial charge in [-0.15, -0.1) is 11.3 Å². The predicted molar refractivity (Wildman–Crippen MR) is 93.8 cm³/mol. The van der Waals surface area contributed by atoms with Crippen molar-refractivity contribution in [3.8, 4) is 0 Å². The smallest absolute Gasteiger partial charge is 0.195 e. The number of nitrogens with one attached hydrogen (secondary N) is 1. The third kappa shape index (κ3) is 3.38. The number of hydrogen-bond acceptors (Lipinski definition) is 5. The Kier molecular flexibility index (Phi) is 4.76. The van der Waals surface area contributed by atoms with Gasteiger partial charge in [-0.1, -0.05) is 0 Å². The molecule has 2 aromatic rings. The molecule has 21 heavy (non-hydrogen) atoms. The van der Waals surface area contributed by atoms with E-state index in [0.717, 1.165) is 23.4 Å². The Hall–Kier alpha value is -0.720. The van der Waals surface area contributed by atoms with Gasteiger partial charge in [0.1, 0.15) is 0 Å². The number of nitrogens with zero attached hydrogens (tertiary/aromatic N) is 3. The minimum absolute atomic E-state index is 0.515. The van der Waals surface area contributed by atoms with Gasteiger partial charge >= 0.3 is 0 Å². The van der Waals surface area contributed by atoms with E-state index in [1.54, 1.807) is 11.3 Å². The molecule has 1 saturated carbocycles. The van der Waals surface area contributed by atoms with Gasteiger partial charge in [-0.05, 0) is 38.2 Å². The summed E-state index contributed by atoms with van der Waals surface area (Å²) in [6.07, 6.45) is 8.14. The van der Waals surface area contributed by atoms with E-state index in [4.69, 9.17) is 4.98 Å². The average Bonchev–Trinajstić information content (AvgIpc) is 3.09. The van der Waals surface area contributed by atoms with Crippen LogP contribution in [0.5, 0.6) is 0 Å². The fraction of sp³-hybridized carbons (Fsp3) is 0.667. The van der Waals surface area contributed by atoms with Crippen LogP contribution in [0.2, 0.25) is 0 Å². The van der Waals surface area contributed by atoms with Gasteiger partial charge in [-0.25, -0.2) is 4.98 Å². The molecule has 4 nitrogen and oxygen atoms in total. The summed E-state index contributed by atoms with van der Waals surface area (Å²) in [4.78, 5) is 8.31. The van der Waals surface area contributed by atoms with Gasteiger partial charge in [0, 0.05) is 37.3 Å². The van der Waals surface area contributed by atoms with Crippen molar-refractivity contribution in [3.63, 3.8) is 0 Å². The second-order valence-electron chi connectivity index (χ2n) is 5.83. The third-order valence-electron chi connectivity index (χ3n) is 4.21. The highest BCUT2D eigenvalue weighted by Gasteiger charge is 2.24. The Bertz CT molecular complexity index is 588. The molecule has 0 saturated heterocycles. The number of fused-ring (bicyclic) bond motifs is 1. The van der Waals surface area contributed by atoms with E-state index in [2.05, 4.69) is 46.4 Å². The van der Waals surface area contributed by atoms with Crippen LogP contribution in [0.4, 0.5) is 5.82 Å². The van der Waals surface area contributed by atoms with Crippen molar-refractivity contribution < 1.29 is 0 Å². The van der Waals surface area contributed by atoms with Crippen molar-refractivity contribution in [1.82, 2.24) is 14.7 Å². The number of aromatic nitrogens is 2. The van der Waals surface area contributed by atoms with Gasteiger partial charge < -0.3 is 10.2 Å². The number of thioether (sulfide) groups is 1. The zero-order valence-electron chi connectivity index (χ0n) is 13.0. The van der Waals surface area contributed by atoms with Crippen LogP contribution in [0.25, 0.3) is 4.96 Å². The summed E-state index contributed by atoms with van der Waals surface area (Å²) in [5, 5.41) is 5.75. The Morgan fingerprint density at radius 3 is 3.10 bits per heavy atom. The first kappa shape index (κ1) is 15.2. The lowest BCUT2D eigenvalue weighted by Gasteiger charge is -2.26. The molecule has 1 unspecified atom stereocenters. The molecule has 2 aromatic heterocycles. The van der Waals surface area contributed by atoms with E-state index < -0.39 is 0 Å². The molecular weight excluding hydrogens is 300 g/mol. The fourth-order valence-corrected chi connectivity index (χ4v) is 3.79. The minimum atomic E-state index is 0.515. The number of anilines is 1. The molecule has 3 rings (SSSR count). The summed E-state index contributed by atoms with van der Waals surface area (Å²) in [6.45, 7) is 3.21. The van der Waals surface area contributed by atoms with E-state index in [-0.39, 0.29) is 0 Å². The summed E-state index contributed by atoms with van der Waals surface area (Å²) >= 11 is 3.63. The minimum Gasteiger partial charge on any atom is -0.355 e. The van der Waals surface area contributed by atoms with Gasteiger partial charge in [0.05, 0.1) is 5.69 Å². The number of rotatable bonds is 8. The molecule has 0 aromatic carbocycles. The van der Waals surface area contributed by atoms with Crippen molar-refractivity contribution in [2.75, 3.05) is 24.0 Å². The topological polar surface area (TPSA) is 32.6 Å². The summed E-state index contributed by atoms with van der Waals surface area (Å²) in [5.41, 5.74) is 1.30. The summed E-state index contributed by atoms with van der Waals surface area (Å²) < 4.78 is 2.24. The van der Waals surface area contributed by atoms with E-state index in [0.29, 0.717) is 6.04 Å². The standard InChI is InChI=1S/C15H24N4S2/c1-11(6-8-20-3)18(2)14-13(10-16-12-4-5-12)19-7-9-21-15(19)17-14/h7,9,11-12,16H,4-6,8,10H2,1-3H3. The lowest BCUT2D eigenvalue weighted by atomic mass is 10.2. The molecule has 0 spiro atoms. The number of thiazole rings is 1. The van der Waals surface area contributed by atoms with E-state index in [9.17, 15) is 0 Å². The molecule has 6 heteroatoms. The molecule has 1 aliphatic carbocycles. The van der Waals surface area contributed by atoms with E-state index in [1.807, 2.05) is 11.8 Å². The van der Waals surface area contributed by atoms with Crippen molar-refractivity contribution in [2.45, 2.75) is 44.8 Å². The highest BCUT2D eigenvalue weighted by atomic mass is 32.2. The van der Waals surface area contributed by atoms with E-state index >= 15 is 0 Å². The summed E-state index contributed by atoms with van der Waals surface area (Å²) in [6, 6.07) is 1.24. The molecule has 1 N–H and O–H groups in total. The molecule has 116 valence electrons. The second kappa shape index (κ2) is 6.58. The highest BCUT2D eigenvalue weighted by molar-refractivity contribution is 7.98. The first-order valence-electron chi connectivity index (χ1n) is 7.60. The Labute approximate surface area is 134 Å². The van der Waals surface area contributed by atoms with Crippen LogP contribution in [0.3, 0.4) is 0 Å². The van der Waals surface area contributed by atoms with Gasteiger partial charge in [0.15, 0.2) is 10.8 Å². The largest absolute Gasteiger partial charge is 0.355 e. The average molecular weight is 325 g/mol. The van der Waals surface area contributed by atoms with Crippen LogP contribution in [-0.2, 0) is 6.54 Å². The lowest BCUT2D eigenvalue weighted by Crippen LogP contribution is -2.31. The zero-order chi connectivity index (χ0) is 14.8. The van der Waals surface area contributed by atoms with E-state index in [1.165, 1.54) is 30.7 Å². The SMILES string of the molecule is CSCCC(C)N(C)c1nc2sccn2c1CNC1CC1. The van der Waals surface area contributed by atoms with Gasteiger partial charge in [-0.2, -0.15) is 11.8 Å². The molecule has 0 amide bonds. The lowest BCUT2D eigenvalue weighted by molar-refractivity contribution is 0.641. The number of imidazole rings is 1. The van der Waals surface area contributed by atoms with Crippen LogP contribution in [0.15, 0.2) is 11.6 Å². The zero-order valence-corrected chi connectivity index (χ0v) is 14.6. The first-order valence-corrected chi connectivity index (χ1v) is 9.87. The van der Waals surface area contributed by atoms with Crippen molar-refractivity contribution in [3.05, 3.63) is 17.3 Å². The van der Waals surface area contributed by atoms with Crippen LogP contribution in [0, 0.1) is 0 Å². The van der Waals surface area contributed by atoms with Crippen molar-refractivity contribution in [2.24, 2.45) is 0 Å². The highest BCUT2D eigenvalue weighted by Crippen LogP contribution is 2.27. The molecule has 0 aliphatic heterocycles. The normalized spacial score (nSPS) is 16.5. The van der Waals surface area contributed by atoms with Crippen LogP contribution in [-0.4, -0.2) is 40.5 Å². The van der Waals surface area contributed by atoms with Crippen molar-refractivity contribution in [1.29, 1.82) is 0 Å². The Balaban J connectivity index is 1.81.